The number of amides is 1. The molecule has 4 heterocycles. The molecule has 7 rings (SSSR count). The number of rotatable bonds is 6. The SMILES string of the molecule is O=C(NC1CCC(c2ccc(-c3nc4nc(O[C@@H]5CO[C@H]6[C@@H]5OC[C@H]6O)[nH]c4cc3Cl)cc2)CC1)OC1CCCC1. The Labute approximate surface area is 243 Å². The molecule has 2 aliphatic carbocycles. The van der Waals surface area contributed by atoms with Gasteiger partial charge in [0.15, 0.2) is 11.8 Å². The molecular weight excluding hydrogens is 548 g/mol. The number of nitrogens with one attached hydrogen (secondary N) is 2. The number of hydrogen-bond donors (Lipinski definition) is 3. The molecule has 218 valence electrons. The molecule has 10 nitrogen and oxygen atoms in total. The number of H-pyrrole nitrogens is 1. The number of carbonyl (C=O) groups excluding carboxylic acids is 1. The van der Waals surface area contributed by atoms with E-state index in [-0.39, 0.29) is 43.2 Å². The van der Waals surface area contributed by atoms with Crippen LogP contribution in [0, 0.1) is 0 Å². The maximum absolute atomic E-state index is 12.2. The zero-order valence-corrected chi connectivity index (χ0v) is 23.5. The number of aromatic amines is 1. The summed E-state index contributed by atoms with van der Waals surface area (Å²) in [6, 6.07) is 10.7. The van der Waals surface area contributed by atoms with Gasteiger partial charge in [-0.1, -0.05) is 35.9 Å². The molecule has 0 spiro atoms. The van der Waals surface area contributed by atoms with Gasteiger partial charge in [0.25, 0.3) is 6.01 Å². The standard InChI is InChI=1S/C30H35ClN4O6/c31-21-13-22-28(35-29(33-22)41-24-15-39-26-23(36)14-38-27(24)26)34-25(21)18-7-5-16(6-8-18)17-9-11-19(12-10-17)32-30(37)40-20-3-1-2-4-20/h5-8,13,17,19-20,23-24,26-27,36H,1-4,9-12,14-15H2,(H,32,37)(H,33,34,35)/t17?,19?,23-,24-,26-,27-/m1/s1. The van der Waals surface area contributed by atoms with Crippen LogP contribution in [0.3, 0.4) is 0 Å². The number of aliphatic hydroxyl groups excluding tert-OH is 1. The first-order chi connectivity index (χ1) is 20.0. The van der Waals surface area contributed by atoms with E-state index in [9.17, 15) is 9.90 Å². The third-order valence-electron chi connectivity index (χ3n) is 8.93. The molecule has 2 saturated carbocycles. The number of ether oxygens (including phenoxy) is 4. The highest BCUT2D eigenvalue weighted by atomic mass is 35.5. The van der Waals surface area contributed by atoms with E-state index in [0.717, 1.165) is 56.9 Å². The Kier molecular flexibility index (Phi) is 7.49. The van der Waals surface area contributed by atoms with Gasteiger partial charge in [0.2, 0.25) is 0 Å². The zero-order chi connectivity index (χ0) is 27.9. The van der Waals surface area contributed by atoms with Gasteiger partial charge in [-0.2, -0.15) is 4.98 Å². The first-order valence-corrected chi connectivity index (χ1v) is 15.1. The highest BCUT2D eigenvalue weighted by Gasteiger charge is 2.48. The number of fused-ring (bicyclic) bond motifs is 2. The van der Waals surface area contributed by atoms with Gasteiger partial charge in [0.05, 0.1) is 29.4 Å². The number of pyridine rings is 1. The summed E-state index contributed by atoms with van der Waals surface area (Å²) in [4.78, 5) is 24.6. The second kappa shape index (κ2) is 11.4. The van der Waals surface area contributed by atoms with Crippen molar-refractivity contribution < 1.29 is 28.8 Å². The molecule has 3 aromatic rings. The Hall–Kier alpha value is -2.92. The van der Waals surface area contributed by atoms with Crippen LogP contribution in [0.4, 0.5) is 4.79 Å². The minimum atomic E-state index is -0.637. The van der Waals surface area contributed by atoms with Crippen molar-refractivity contribution in [1.82, 2.24) is 20.3 Å². The van der Waals surface area contributed by atoms with Crippen LogP contribution in [-0.4, -0.2) is 75.9 Å². The van der Waals surface area contributed by atoms with Gasteiger partial charge in [-0.15, -0.1) is 0 Å². The van der Waals surface area contributed by atoms with E-state index in [1.54, 1.807) is 0 Å². The Balaban J connectivity index is 0.971. The fourth-order valence-corrected chi connectivity index (χ4v) is 6.95. The molecule has 1 amide bonds. The molecule has 0 unspecified atom stereocenters. The number of nitrogens with zero attached hydrogens (tertiary/aromatic N) is 2. The Morgan fingerprint density at radius 3 is 2.54 bits per heavy atom. The number of aromatic nitrogens is 3. The van der Waals surface area contributed by atoms with Gasteiger partial charge in [-0.05, 0) is 68.9 Å². The third kappa shape index (κ3) is 5.62. The minimum absolute atomic E-state index is 0.0923. The van der Waals surface area contributed by atoms with Crippen molar-refractivity contribution in [3.05, 3.63) is 40.9 Å². The van der Waals surface area contributed by atoms with Crippen molar-refractivity contribution in [2.24, 2.45) is 0 Å². The average Bonchev–Trinajstić information content (AvgIpc) is 3.77. The summed E-state index contributed by atoms with van der Waals surface area (Å²) < 4.78 is 22.9. The highest BCUT2D eigenvalue weighted by molar-refractivity contribution is 6.33. The van der Waals surface area contributed by atoms with Gasteiger partial charge in [0, 0.05) is 11.6 Å². The van der Waals surface area contributed by atoms with E-state index in [1.165, 1.54) is 5.56 Å². The number of hydrogen-bond acceptors (Lipinski definition) is 8. The molecule has 3 N–H and O–H groups in total. The molecule has 41 heavy (non-hydrogen) atoms. The summed E-state index contributed by atoms with van der Waals surface area (Å²) in [5.74, 6) is 0.453. The van der Waals surface area contributed by atoms with Gasteiger partial charge >= 0.3 is 6.09 Å². The van der Waals surface area contributed by atoms with E-state index in [0.29, 0.717) is 40.4 Å². The molecule has 2 aliphatic heterocycles. The van der Waals surface area contributed by atoms with E-state index in [2.05, 4.69) is 39.6 Å². The van der Waals surface area contributed by atoms with Crippen molar-refractivity contribution >= 4 is 28.9 Å². The summed E-state index contributed by atoms with van der Waals surface area (Å²) in [7, 11) is 0. The predicted octanol–water partition coefficient (Wildman–Crippen LogP) is 4.88. The molecule has 0 radical (unpaired) electrons. The predicted molar refractivity (Wildman–Crippen MR) is 151 cm³/mol. The monoisotopic (exact) mass is 582 g/mol. The maximum atomic E-state index is 12.2. The van der Waals surface area contributed by atoms with Crippen LogP contribution in [0.15, 0.2) is 30.3 Å². The second-order valence-electron chi connectivity index (χ2n) is 11.7. The molecule has 2 saturated heterocycles. The normalized spacial score (nSPS) is 30.0. The first kappa shape index (κ1) is 26.9. The lowest BCUT2D eigenvalue weighted by Gasteiger charge is -2.29. The molecule has 4 atom stereocenters. The van der Waals surface area contributed by atoms with Crippen molar-refractivity contribution in [2.45, 2.75) is 93.8 Å². The van der Waals surface area contributed by atoms with E-state index in [1.807, 2.05) is 6.07 Å². The number of alkyl carbamates (subject to hydrolysis) is 1. The van der Waals surface area contributed by atoms with Crippen molar-refractivity contribution in [2.75, 3.05) is 13.2 Å². The molecule has 4 fully saturated rings. The molecule has 11 heteroatoms. The van der Waals surface area contributed by atoms with Gasteiger partial charge in [-0.25, -0.2) is 9.78 Å². The van der Waals surface area contributed by atoms with E-state index in [4.69, 9.17) is 35.5 Å². The van der Waals surface area contributed by atoms with Crippen LogP contribution in [0.1, 0.15) is 62.8 Å². The average molecular weight is 583 g/mol. The number of carbonyl (C=O) groups is 1. The largest absolute Gasteiger partial charge is 0.456 e. The number of aliphatic hydroxyl groups is 1. The van der Waals surface area contributed by atoms with Crippen LogP contribution >= 0.6 is 11.6 Å². The lowest BCUT2D eigenvalue weighted by Crippen LogP contribution is -2.38. The fourth-order valence-electron chi connectivity index (χ4n) is 6.68. The van der Waals surface area contributed by atoms with Gasteiger partial charge in [-0.3, -0.25) is 0 Å². The van der Waals surface area contributed by atoms with Crippen LogP contribution in [0.5, 0.6) is 6.01 Å². The second-order valence-corrected chi connectivity index (χ2v) is 12.1. The maximum Gasteiger partial charge on any atom is 0.407 e. The highest BCUT2D eigenvalue weighted by Crippen LogP contribution is 2.36. The van der Waals surface area contributed by atoms with Gasteiger partial charge < -0.3 is 34.4 Å². The summed E-state index contributed by atoms with van der Waals surface area (Å²) >= 11 is 6.64. The fraction of sp³-hybridized carbons (Fsp3) is 0.567. The smallest absolute Gasteiger partial charge is 0.407 e. The molecular formula is C30H35ClN4O6. The molecule has 2 aromatic heterocycles. The minimum Gasteiger partial charge on any atom is -0.456 e. The number of benzene rings is 1. The van der Waals surface area contributed by atoms with Crippen LogP contribution in [0.25, 0.3) is 22.4 Å². The number of imidazole rings is 1. The van der Waals surface area contributed by atoms with Gasteiger partial charge in [0.1, 0.15) is 24.4 Å². The summed E-state index contributed by atoms with van der Waals surface area (Å²) in [5, 5.41) is 13.6. The lowest BCUT2D eigenvalue weighted by atomic mass is 9.81. The van der Waals surface area contributed by atoms with Crippen LogP contribution < -0.4 is 10.1 Å². The van der Waals surface area contributed by atoms with Crippen LogP contribution in [0.2, 0.25) is 5.02 Å². The summed E-state index contributed by atoms with van der Waals surface area (Å²) in [5.41, 5.74) is 4.03. The number of halogens is 1. The van der Waals surface area contributed by atoms with Crippen molar-refractivity contribution in [3.63, 3.8) is 0 Å². The summed E-state index contributed by atoms with van der Waals surface area (Å²) in [6.45, 7) is 0.560. The lowest BCUT2D eigenvalue weighted by molar-refractivity contribution is 0.00706. The Morgan fingerprint density at radius 1 is 1.00 bits per heavy atom. The topological polar surface area (TPSA) is 128 Å². The molecule has 4 aliphatic rings. The first-order valence-electron chi connectivity index (χ1n) is 14.7. The Bertz CT molecular complexity index is 1390. The quantitative estimate of drug-likeness (QED) is 0.375. The van der Waals surface area contributed by atoms with E-state index >= 15 is 0 Å². The zero-order valence-electron chi connectivity index (χ0n) is 22.8. The molecule has 0 bridgehead atoms. The summed E-state index contributed by atoms with van der Waals surface area (Å²) in [6.07, 6.45) is 6.34. The molecule has 1 aromatic carbocycles. The third-order valence-corrected chi connectivity index (χ3v) is 9.22. The van der Waals surface area contributed by atoms with Crippen LogP contribution in [-0.2, 0) is 14.2 Å². The van der Waals surface area contributed by atoms with Crippen molar-refractivity contribution in [1.29, 1.82) is 0 Å². The Morgan fingerprint density at radius 2 is 1.76 bits per heavy atom. The van der Waals surface area contributed by atoms with Crippen molar-refractivity contribution in [3.8, 4) is 17.3 Å². The van der Waals surface area contributed by atoms with E-state index < -0.39 is 6.10 Å².